The second-order valence-electron chi connectivity index (χ2n) is 4.34. The second-order valence-corrected chi connectivity index (χ2v) is 4.78. The molecular weight excluding hydrogens is 252 g/mol. The zero-order valence-electron chi connectivity index (χ0n) is 10.1. The summed E-state index contributed by atoms with van der Waals surface area (Å²) in [5.74, 6) is 0.362. The van der Waals surface area contributed by atoms with Crippen molar-refractivity contribution in [3.8, 4) is 5.75 Å². The van der Waals surface area contributed by atoms with Gasteiger partial charge < -0.3 is 4.74 Å². The van der Waals surface area contributed by atoms with E-state index >= 15 is 0 Å². The molecule has 0 aliphatic rings. The molecule has 2 aromatic rings. The lowest BCUT2D eigenvalue weighted by molar-refractivity contribution is 0.0487. The van der Waals surface area contributed by atoms with E-state index in [0.29, 0.717) is 10.8 Å². The van der Waals surface area contributed by atoms with Crippen molar-refractivity contribution in [1.29, 1.82) is 0 Å². The molecule has 0 amide bonds. The van der Waals surface area contributed by atoms with Crippen LogP contribution in [0.1, 0.15) is 18.6 Å². The number of hydrogen-bond donors (Lipinski definition) is 0. The van der Waals surface area contributed by atoms with Gasteiger partial charge in [0, 0.05) is 17.4 Å². The van der Waals surface area contributed by atoms with Crippen LogP contribution in [0.15, 0.2) is 43.0 Å². The molecule has 5 heteroatoms. The third-order valence-corrected chi connectivity index (χ3v) is 2.66. The third kappa shape index (κ3) is 2.71. The summed E-state index contributed by atoms with van der Waals surface area (Å²) >= 11 is 5.87. The first-order valence-electron chi connectivity index (χ1n) is 5.46. The molecule has 18 heavy (non-hydrogen) atoms. The SMILES string of the molecule is CC(C)(Oc1cccc(Cl)c1)C(=O)n1ccnc1. The van der Waals surface area contributed by atoms with Gasteiger partial charge in [0.05, 0.1) is 0 Å². The first-order valence-corrected chi connectivity index (χ1v) is 5.84. The minimum atomic E-state index is -0.995. The monoisotopic (exact) mass is 264 g/mol. The molecule has 1 aromatic carbocycles. The van der Waals surface area contributed by atoms with Crippen molar-refractivity contribution in [2.75, 3.05) is 0 Å². The Balaban J connectivity index is 2.19. The van der Waals surface area contributed by atoms with E-state index < -0.39 is 5.60 Å². The van der Waals surface area contributed by atoms with Crippen LogP contribution in [0.4, 0.5) is 0 Å². The number of benzene rings is 1. The Hall–Kier alpha value is -1.81. The quantitative estimate of drug-likeness (QED) is 0.856. The molecule has 0 bridgehead atoms. The van der Waals surface area contributed by atoms with Crippen LogP contribution in [0.2, 0.25) is 5.02 Å². The molecule has 0 atom stereocenters. The molecular formula is C13H13ClN2O2. The predicted molar refractivity (Wildman–Crippen MR) is 69.0 cm³/mol. The van der Waals surface area contributed by atoms with Crippen LogP contribution in [0, 0.1) is 0 Å². The van der Waals surface area contributed by atoms with Gasteiger partial charge in [-0.15, -0.1) is 0 Å². The van der Waals surface area contributed by atoms with Crippen molar-refractivity contribution in [1.82, 2.24) is 9.55 Å². The van der Waals surface area contributed by atoms with Gasteiger partial charge in [0.1, 0.15) is 12.1 Å². The van der Waals surface area contributed by atoms with Gasteiger partial charge in [-0.25, -0.2) is 4.98 Å². The number of hydrogen-bond acceptors (Lipinski definition) is 3. The fraction of sp³-hybridized carbons (Fsp3) is 0.231. The van der Waals surface area contributed by atoms with E-state index in [1.807, 2.05) is 0 Å². The van der Waals surface area contributed by atoms with Crippen LogP contribution in [-0.4, -0.2) is 21.1 Å². The van der Waals surface area contributed by atoms with Crippen LogP contribution >= 0.6 is 11.6 Å². The molecule has 0 fully saturated rings. The maximum absolute atomic E-state index is 12.2. The van der Waals surface area contributed by atoms with Gasteiger partial charge in [0.2, 0.25) is 0 Å². The highest BCUT2D eigenvalue weighted by Crippen LogP contribution is 2.23. The van der Waals surface area contributed by atoms with Crippen molar-refractivity contribution >= 4 is 17.5 Å². The summed E-state index contributed by atoms with van der Waals surface area (Å²) in [6.07, 6.45) is 4.59. The minimum absolute atomic E-state index is 0.194. The minimum Gasteiger partial charge on any atom is -0.478 e. The van der Waals surface area contributed by atoms with Gasteiger partial charge in [-0.1, -0.05) is 17.7 Å². The predicted octanol–water partition coefficient (Wildman–Crippen LogP) is 3.03. The smallest absolute Gasteiger partial charge is 0.275 e. The van der Waals surface area contributed by atoms with Gasteiger partial charge in [-0.05, 0) is 32.0 Å². The maximum Gasteiger partial charge on any atom is 0.275 e. The lowest BCUT2D eigenvalue weighted by Gasteiger charge is -2.24. The van der Waals surface area contributed by atoms with E-state index in [4.69, 9.17) is 16.3 Å². The van der Waals surface area contributed by atoms with Gasteiger partial charge in [-0.2, -0.15) is 0 Å². The molecule has 0 aliphatic carbocycles. The molecule has 1 heterocycles. The second kappa shape index (κ2) is 4.82. The number of nitrogens with zero attached hydrogens (tertiary/aromatic N) is 2. The summed E-state index contributed by atoms with van der Waals surface area (Å²) in [7, 11) is 0. The van der Waals surface area contributed by atoms with Crippen molar-refractivity contribution in [2.45, 2.75) is 19.4 Å². The Morgan fingerprint density at radius 3 is 2.83 bits per heavy atom. The summed E-state index contributed by atoms with van der Waals surface area (Å²) in [4.78, 5) is 16.0. The Morgan fingerprint density at radius 1 is 1.44 bits per heavy atom. The molecule has 0 radical (unpaired) electrons. The molecule has 94 valence electrons. The highest BCUT2D eigenvalue weighted by Gasteiger charge is 2.31. The van der Waals surface area contributed by atoms with Gasteiger partial charge in [-0.3, -0.25) is 9.36 Å². The van der Waals surface area contributed by atoms with Gasteiger partial charge in [0.25, 0.3) is 5.91 Å². The topological polar surface area (TPSA) is 44.1 Å². The number of ether oxygens (including phenoxy) is 1. The number of aromatic nitrogens is 2. The Kier molecular flexibility index (Phi) is 3.39. The first kappa shape index (κ1) is 12.6. The molecule has 2 rings (SSSR count). The van der Waals surface area contributed by atoms with E-state index in [-0.39, 0.29) is 5.91 Å². The van der Waals surface area contributed by atoms with E-state index in [2.05, 4.69) is 4.98 Å². The van der Waals surface area contributed by atoms with E-state index in [9.17, 15) is 4.79 Å². The van der Waals surface area contributed by atoms with Crippen LogP contribution < -0.4 is 4.74 Å². The fourth-order valence-electron chi connectivity index (χ4n) is 1.56. The maximum atomic E-state index is 12.2. The summed E-state index contributed by atoms with van der Waals surface area (Å²) < 4.78 is 7.08. The summed E-state index contributed by atoms with van der Waals surface area (Å²) in [5.41, 5.74) is -0.995. The lowest BCUT2D eigenvalue weighted by Crippen LogP contribution is -2.41. The van der Waals surface area contributed by atoms with E-state index in [0.717, 1.165) is 0 Å². The number of carbonyl (C=O) groups excluding carboxylic acids is 1. The highest BCUT2D eigenvalue weighted by molar-refractivity contribution is 6.30. The normalized spacial score (nSPS) is 11.3. The zero-order chi connectivity index (χ0) is 13.2. The molecule has 0 N–H and O–H groups in total. The first-order chi connectivity index (χ1) is 8.49. The van der Waals surface area contributed by atoms with Crippen molar-refractivity contribution in [2.24, 2.45) is 0 Å². The van der Waals surface area contributed by atoms with Gasteiger partial charge >= 0.3 is 0 Å². The van der Waals surface area contributed by atoms with Crippen LogP contribution in [0.3, 0.4) is 0 Å². The Morgan fingerprint density at radius 2 is 2.22 bits per heavy atom. The van der Waals surface area contributed by atoms with Gasteiger partial charge in [0.15, 0.2) is 5.60 Å². The zero-order valence-corrected chi connectivity index (χ0v) is 10.9. The van der Waals surface area contributed by atoms with Crippen molar-refractivity contribution < 1.29 is 9.53 Å². The largest absolute Gasteiger partial charge is 0.478 e. The van der Waals surface area contributed by atoms with E-state index in [1.165, 1.54) is 10.9 Å². The standard InChI is InChI=1S/C13H13ClN2O2/c1-13(2,12(17)16-7-6-15-9-16)18-11-5-3-4-10(14)8-11/h3-9H,1-2H3. The molecule has 0 unspecified atom stereocenters. The molecule has 0 saturated heterocycles. The van der Waals surface area contributed by atoms with Crippen LogP contribution in [0.25, 0.3) is 0 Å². The molecule has 0 aliphatic heterocycles. The van der Waals surface area contributed by atoms with E-state index in [1.54, 1.807) is 50.5 Å². The molecule has 0 spiro atoms. The lowest BCUT2D eigenvalue weighted by atomic mass is 10.1. The summed E-state index contributed by atoms with van der Waals surface area (Å²) in [6, 6.07) is 6.95. The average Bonchev–Trinajstić information content (AvgIpc) is 2.80. The third-order valence-electron chi connectivity index (χ3n) is 2.42. The number of imidazole rings is 1. The molecule has 4 nitrogen and oxygen atoms in total. The van der Waals surface area contributed by atoms with Crippen LogP contribution in [0.5, 0.6) is 5.75 Å². The van der Waals surface area contributed by atoms with Crippen molar-refractivity contribution in [3.05, 3.63) is 48.0 Å². The Labute approximate surface area is 110 Å². The average molecular weight is 265 g/mol. The summed E-state index contributed by atoms with van der Waals surface area (Å²) in [6.45, 7) is 3.41. The number of rotatable bonds is 3. The fourth-order valence-corrected chi connectivity index (χ4v) is 1.74. The summed E-state index contributed by atoms with van der Waals surface area (Å²) in [5, 5.41) is 0.568. The van der Waals surface area contributed by atoms with Crippen LogP contribution in [-0.2, 0) is 0 Å². The highest BCUT2D eigenvalue weighted by atomic mass is 35.5. The number of carbonyl (C=O) groups is 1. The number of halogens is 1. The molecule has 0 saturated carbocycles. The van der Waals surface area contributed by atoms with Crippen molar-refractivity contribution in [3.63, 3.8) is 0 Å². The molecule has 1 aromatic heterocycles. The Bertz CT molecular complexity index is 550.